The Morgan fingerprint density at radius 3 is 2.16 bits per heavy atom. The summed E-state index contributed by atoms with van der Waals surface area (Å²) in [6.07, 6.45) is -0.693. The largest absolute Gasteiger partial charge is 0.489 e. The van der Waals surface area contributed by atoms with Crippen LogP contribution in [-0.4, -0.2) is 111 Å². The number of likely N-dealkylation sites (N-methyl/N-ethyl adjacent to an activating group) is 1. The Hall–Kier alpha value is -4.75. The number of piperazine rings is 1. The number of ether oxygens (including phenoxy) is 2. The monoisotopic (exact) mass is 838 g/mol. The number of anilines is 1. The van der Waals surface area contributed by atoms with Crippen molar-refractivity contribution in [3.05, 3.63) is 77.7 Å². The number of aliphatic hydroxyl groups is 1. The predicted molar refractivity (Wildman–Crippen MR) is 205 cm³/mol. The van der Waals surface area contributed by atoms with Gasteiger partial charge >= 0.3 is 22.4 Å². The molecule has 8 rings (SSSR count). The fourth-order valence-corrected chi connectivity index (χ4v) is 7.61. The number of hydrogen-bond donors (Lipinski definition) is 2. The van der Waals surface area contributed by atoms with Gasteiger partial charge < -0.3 is 29.7 Å². The maximum Gasteiger partial charge on any atom is 0.446 e. The Morgan fingerprint density at radius 1 is 0.965 bits per heavy atom. The van der Waals surface area contributed by atoms with Crippen LogP contribution in [0.1, 0.15) is 19.3 Å². The van der Waals surface area contributed by atoms with E-state index in [9.17, 15) is 25.5 Å². The van der Waals surface area contributed by atoms with Crippen molar-refractivity contribution in [3.8, 4) is 23.0 Å². The highest BCUT2D eigenvalue weighted by atomic mass is 35.5. The van der Waals surface area contributed by atoms with E-state index in [1.807, 2.05) is 37.4 Å². The fourth-order valence-electron chi connectivity index (χ4n) is 6.87. The number of nitrogens with zero attached hydrogens (tertiary/aromatic N) is 5. The third-order valence-corrected chi connectivity index (χ3v) is 10.5. The lowest BCUT2D eigenvalue weighted by Gasteiger charge is -2.34. The molecule has 2 N–H and O–H groups in total. The number of methoxy groups -OCH3 is 1. The van der Waals surface area contributed by atoms with E-state index < -0.39 is 28.5 Å². The Labute approximate surface area is 330 Å². The Bertz CT molecular complexity index is 2270. The molecule has 3 atom stereocenters. The van der Waals surface area contributed by atoms with Gasteiger partial charge in [-0.1, -0.05) is 41.9 Å². The summed E-state index contributed by atoms with van der Waals surface area (Å²) in [6, 6.07) is 17.6. The molecule has 2 aromatic heterocycles. The molecule has 3 fully saturated rings. The predicted octanol–water partition coefficient (Wildman–Crippen LogP) is 6.37. The summed E-state index contributed by atoms with van der Waals surface area (Å²) in [5.41, 5.74) is 1.04. The van der Waals surface area contributed by atoms with E-state index in [1.165, 1.54) is 31.4 Å². The van der Waals surface area contributed by atoms with Gasteiger partial charge in [-0.3, -0.25) is 9.78 Å². The van der Waals surface area contributed by atoms with Crippen molar-refractivity contribution in [2.45, 2.75) is 48.5 Å². The minimum absolute atomic E-state index is 0.118. The first-order valence-corrected chi connectivity index (χ1v) is 19.4. The molecule has 57 heavy (non-hydrogen) atoms. The zero-order valence-corrected chi connectivity index (χ0v) is 32.6. The number of aromatic nitrogens is 3. The lowest BCUT2D eigenvalue weighted by molar-refractivity contribution is -0.156. The lowest BCUT2D eigenvalue weighted by atomic mass is 10.0. The smallest absolute Gasteiger partial charge is 0.446 e. The second-order valence-corrected chi connectivity index (χ2v) is 15.0. The van der Waals surface area contributed by atoms with Gasteiger partial charge in [-0.2, -0.15) is 31.6 Å². The van der Waals surface area contributed by atoms with Crippen molar-refractivity contribution in [2.24, 2.45) is 0 Å². The van der Waals surface area contributed by atoms with E-state index in [1.54, 1.807) is 12.3 Å². The number of hydrogen-bond acceptors (Lipinski definition) is 12. The van der Waals surface area contributed by atoms with Crippen LogP contribution in [0.25, 0.3) is 32.9 Å². The maximum atomic E-state index is 16.0. The molecule has 0 amide bonds. The third kappa shape index (κ3) is 10.8. The van der Waals surface area contributed by atoms with E-state index in [0.29, 0.717) is 39.6 Å². The van der Waals surface area contributed by atoms with Crippen molar-refractivity contribution in [1.82, 2.24) is 25.2 Å². The number of carbonyl (C=O) groups is 1. The van der Waals surface area contributed by atoms with Gasteiger partial charge in [-0.25, -0.2) is 4.39 Å². The average Bonchev–Trinajstić information content (AvgIpc) is 3.77. The molecule has 12 nitrogen and oxygen atoms in total. The highest BCUT2D eigenvalue weighted by Gasteiger charge is 2.34. The molecule has 0 aliphatic carbocycles. The highest BCUT2D eigenvalue weighted by Crippen LogP contribution is 2.38. The summed E-state index contributed by atoms with van der Waals surface area (Å²) >= 11 is 6.48. The standard InChI is InChI=1S/C24H21ClFN5O.C11H14FNO3S.C2HF3O.CH4O/c1-32-24-29-22-17(23(30-24)31-11-14-8-9-15(12-31)28-14)10-27-21(20(22)26)16-6-2-4-13-5-3-7-18(25)19(13)16;1-13-7-6-10(8-13)16-9-2-4-11(5-3-9)17(12,14)15;3-2(4,5)1-6;1-2/h2-7,10,14-15,28H,8-9,11-12H2,1H3;2-5,10H,6-8H2,1H3;1H;2H,1H3. The first-order valence-electron chi connectivity index (χ1n) is 17.6. The summed E-state index contributed by atoms with van der Waals surface area (Å²) < 4.78 is 92.1. The van der Waals surface area contributed by atoms with Gasteiger partial charge in [0.05, 0.1) is 17.4 Å². The zero-order chi connectivity index (χ0) is 41.5. The van der Waals surface area contributed by atoms with Crippen LogP contribution in [0, 0.1) is 5.82 Å². The molecule has 2 bridgehead atoms. The average molecular weight is 839 g/mol. The number of fused-ring (bicyclic) bond motifs is 4. The summed E-state index contributed by atoms with van der Waals surface area (Å²) in [4.78, 5) is 26.2. The summed E-state index contributed by atoms with van der Waals surface area (Å²) in [7, 11) is -0.106. The van der Waals surface area contributed by atoms with Crippen molar-refractivity contribution in [1.29, 1.82) is 0 Å². The van der Waals surface area contributed by atoms with E-state index in [4.69, 9.17) is 31.0 Å². The number of benzene rings is 3. The molecule has 3 aromatic carbocycles. The highest BCUT2D eigenvalue weighted by molar-refractivity contribution is 7.86. The Morgan fingerprint density at radius 2 is 1.60 bits per heavy atom. The summed E-state index contributed by atoms with van der Waals surface area (Å²) in [5, 5.41) is 13.4. The van der Waals surface area contributed by atoms with Crippen LogP contribution in [-0.2, 0) is 15.0 Å². The number of halogens is 6. The van der Waals surface area contributed by atoms with Crippen LogP contribution in [0.3, 0.4) is 0 Å². The molecule has 5 heterocycles. The minimum Gasteiger partial charge on any atom is -0.489 e. The number of nitrogens with one attached hydrogen (secondary N) is 1. The summed E-state index contributed by atoms with van der Waals surface area (Å²) in [5.74, 6) is 0.729. The first-order chi connectivity index (χ1) is 27.1. The Balaban J connectivity index is 0.000000208. The number of aldehydes is 1. The molecule has 3 aliphatic rings. The third-order valence-electron chi connectivity index (χ3n) is 9.34. The number of pyridine rings is 1. The quantitative estimate of drug-likeness (QED) is 0.111. The molecular formula is C38H40ClF5N6O6S. The minimum atomic E-state index is -4.64. The molecule has 19 heteroatoms. The molecular weight excluding hydrogens is 799 g/mol. The van der Waals surface area contributed by atoms with E-state index in [2.05, 4.69) is 30.1 Å². The first kappa shape index (κ1) is 43.4. The van der Waals surface area contributed by atoms with Crippen LogP contribution < -0.4 is 19.7 Å². The molecule has 3 unspecified atom stereocenters. The zero-order valence-electron chi connectivity index (χ0n) is 31.0. The molecule has 3 saturated heterocycles. The SMILES string of the molecule is CN1CCC(Oc2ccc(S(=O)(=O)F)cc2)C1.CO.COc1nc(N2CC3CCC(C2)N3)c2cnc(-c3cccc4cccc(Cl)c34)c(F)c2n1.O=CC(F)(F)F. The topological polar surface area (TPSA) is 147 Å². The van der Waals surface area contributed by atoms with Gasteiger partial charge in [0.25, 0.3) is 0 Å². The van der Waals surface area contributed by atoms with Crippen LogP contribution >= 0.6 is 11.6 Å². The number of likely N-dealkylation sites (tertiary alicyclic amines) is 1. The van der Waals surface area contributed by atoms with Crippen LogP contribution in [0.2, 0.25) is 5.02 Å². The van der Waals surface area contributed by atoms with Crippen molar-refractivity contribution < 1.29 is 49.2 Å². The number of rotatable bonds is 6. The van der Waals surface area contributed by atoms with E-state index >= 15 is 4.39 Å². The van der Waals surface area contributed by atoms with Crippen molar-refractivity contribution in [2.75, 3.05) is 52.3 Å². The number of carbonyl (C=O) groups excluding carboxylic acids is 1. The van der Waals surface area contributed by atoms with Gasteiger partial charge in [-0.05, 0) is 62.0 Å². The molecule has 3 aliphatic heterocycles. The van der Waals surface area contributed by atoms with Crippen LogP contribution in [0.4, 0.5) is 27.3 Å². The number of aliphatic hydroxyl groups excluding tert-OH is 1. The molecule has 0 radical (unpaired) electrons. The second-order valence-electron chi connectivity index (χ2n) is 13.3. The van der Waals surface area contributed by atoms with Gasteiger partial charge in [0.2, 0.25) is 6.29 Å². The van der Waals surface area contributed by atoms with Gasteiger partial charge in [0.15, 0.2) is 5.82 Å². The van der Waals surface area contributed by atoms with Crippen LogP contribution in [0.15, 0.2) is 71.8 Å². The van der Waals surface area contributed by atoms with Gasteiger partial charge in [0, 0.05) is 67.5 Å². The van der Waals surface area contributed by atoms with E-state index in [0.717, 1.165) is 63.3 Å². The fraction of sp³-hybridized carbons (Fsp3) is 0.368. The van der Waals surface area contributed by atoms with E-state index in [-0.39, 0.29) is 28.2 Å². The normalized spacial score (nSPS) is 19.1. The lowest BCUT2D eigenvalue weighted by Crippen LogP contribution is -2.51. The van der Waals surface area contributed by atoms with Gasteiger partial charge in [0.1, 0.15) is 28.9 Å². The van der Waals surface area contributed by atoms with Crippen LogP contribution in [0.5, 0.6) is 11.8 Å². The molecule has 0 spiro atoms. The number of alkyl halides is 3. The van der Waals surface area contributed by atoms with Crippen molar-refractivity contribution >= 4 is 55.6 Å². The van der Waals surface area contributed by atoms with Crippen molar-refractivity contribution in [3.63, 3.8) is 0 Å². The maximum absolute atomic E-state index is 16.0. The second kappa shape index (κ2) is 18.7. The molecule has 0 saturated carbocycles. The Kier molecular flexibility index (Phi) is 14.2. The van der Waals surface area contributed by atoms with Gasteiger partial charge in [-0.15, -0.1) is 3.89 Å². The summed E-state index contributed by atoms with van der Waals surface area (Å²) in [6.45, 7) is 3.47. The molecule has 306 valence electrons. The molecule has 5 aromatic rings.